The fourth-order valence-electron chi connectivity index (χ4n) is 2.16. The van der Waals surface area contributed by atoms with Crippen molar-refractivity contribution in [2.75, 3.05) is 18.5 Å². The van der Waals surface area contributed by atoms with Crippen LogP contribution >= 0.6 is 15.9 Å². The highest BCUT2D eigenvalue weighted by Crippen LogP contribution is 2.30. The highest BCUT2D eigenvalue weighted by molar-refractivity contribution is 9.09. The second-order valence-electron chi connectivity index (χ2n) is 5.73. The zero-order valence-electron chi connectivity index (χ0n) is 13.3. The number of hydrogen-bond donors (Lipinski definition) is 0. The van der Waals surface area contributed by atoms with E-state index < -0.39 is 0 Å². The molecule has 0 heterocycles. The third kappa shape index (κ3) is 4.87. The van der Waals surface area contributed by atoms with Crippen LogP contribution in [0.2, 0.25) is 0 Å². The summed E-state index contributed by atoms with van der Waals surface area (Å²) in [6.45, 7) is 11.9. The molecule has 1 aromatic rings. The molecular weight excluding hydrogens is 316 g/mol. The molecule has 0 bridgehead atoms. The summed E-state index contributed by atoms with van der Waals surface area (Å²) in [6, 6.07) is 8.73. The minimum atomic E-state index is -0.327. The first-order chi connectivity index (χ1) is 9.42. The van der Waals surface area contributed by atoms with E-state index in [2.05, 4.69) is 67.9 Å². The van der Waals surface area contributed by atoms with Crippen LogP contribution < -0.4 is 0 Å². The fraction of sp³-hybridized carbons (Fsp3) is 0.647. The number of alkyl halides is 1. The molecular formula is C17H27BrO2. The van der Waals surface area contributed by atoms with Crippen LogP contribution in [0.15, 0.2) is 24.3 Å². The Morgan fingerprint density at radius 3 is 2.20 bits per heavy atom. The topological polar surface area (TPSA) is 18.5 Å². The first-order valence-electron chi connectivity index (χ1n) is 7.35. The molecule has 0 radical (unpaired) electrons. The molecule has 0 aliphatic carbocycles. The smallest absolute Gasteiger partial charge is 0.100 e. The van der Waals surface area contributed by atoms with Gasteiger partial charge in [0.2, 0.25) is 0 Å². The van der Waals surface area contributed by atoms with E-state index in [0.717, 1.165) is 11.9 Å². The van der Waals surface area contributed by atoms with Crippen molar-refractivity contribution < 1.29 is 9.47 Å². The normalized spacial score (nSPS) is 16.1. The average Bonchev–Trinajstić information content (AvgIpc) is 2.45. The van der Waals surface area contributed by atoms with Gasteiger partial charge in [0.15, 0.2) is 0 Å². The van der Waals surface area contributed by atoms with E-state index in [0.29, 0.717) is 12.5 Å². The Bertz CT molecular complexity index is 388. The summed E-state index contributed by atoms with van der Waals surface area (Å²) < 4.78 is 11.6. The molecule has 0 saturated heterocycles. The molecule has 3 heteroatoms. The molecule has 2 nitrogen and oxygen atoms in total. The lowest BCUT2D eigenvalue weighted by Crippen LogP contribution is -2.34. The van der Waals surface area contributed by atoms with Crippen LogP contribution in [-0.2, 0) is 15.1 Å². The minimum Gasteiger partial charge on any atom is -0.379 e. The summed E-state index contributed by atoms with van der Waals surface area (Å²) in [5.74, 6) is 0.553. The molecule has 2 atom stereocenters. The maximum Gasteiger partial charge on any atom is 0.100 e. The molecule has 0 N–H and O–H groups in total. The SMILES string of the molecule is CCOCC(C)OC(C)(CBr)c1ccc(C(C)C)cc1. The first kappa shape index (κ1) is 17.7. The van der Waals surface area contributed by atoms with Gasteiger partial charge in [-0.1, -0.05) is 54.0 Å². The maximum atomic E-state index is 6.20. The Morgan fingerprint density at radius 2 is 1.75 bits per heavy atom. The summed E-state index contributed by atoms with van der Waals surface area (Å²) in [5, 5.41) is 0.761. The van der Waals surface area contributed by atoms with E-state index >= 15 is 0 Å². The van der Waals surface area contributed by atoms with Gasteiger partial charge in [0.05, 0.1) is 12.7 Å². The number of halogens is 1. The maximum absolute atomic E-state index is 6.20. The monoisotopic (exact) mass is 342 g/mol. The molecule has 114 valence electrons. The van der Waals surface area contributed by atoms with Gasteiger partial charge >= 0.3 is 0 Å². The van der Waals surface area contributed by atoms with Crippen molar-refractivity contribution in [3.8, 4) is 0 Å². The van der Waals surface area contributed by atoms with Gasteiger partial charge in [-0.3, -0.25) is 0 Å². The standard InChI is InChI=1S/C17H27BrO2/c1-6-19-11-14(4)20-17(5,12-18)16-9-7-15(8-10-16)13(2)3/h7-10,13-14H,6,11-12H2,1-5H3. The Hall–Kier alpha value is -0.380. The highest BCUT2D eigenvalue weighted by atomic mass is 79.9. The Morgan fingerprint density at radius 1 is 1.15 bits per heavy atom. The Balaban J connectivity index is 2.81. The summed E-state index contributed by atoms with van der Waals surface area (Å²) in [5.41, 5.74) is 2.22. The summed E-state index contributed by atoms with van der Waals surface area (Å²) in [7, 11) is 0. The lowest BCUT2D eigenvalue weighted by atomic mass is 9.94. The van der Waals surface area contributed by atoms with Gasteiger partial charge in [0.1, 0.15) is 5.60 Å². The van der Waals surface area contributed by atoms with Crippen molar-refractivity contribution in [1.29, 1.82) is 0 Å². The number of ether oxygens (including phenoxy) is 2. The number of benzene rings is 1. The van der Waals surface area contributed by atoms with E-state index in [1.54, 1.807) is 0 Å². The van der Waals surface area contributed by atoms with Crippen molar-refractivity contribution in [3.05, 3.63) is 35.4 Å². The summed E-state index contributed by atoms with van der Waals surface area (Å²) in [6.07, 6.45) is 0.0716. The Kier molecular flexibility index (Phi) is 7.21. The second kappa shape index (κ2) is 8.16. The third-order valence-electron chi connectivity index (χ3n) is 3.46. The predicted octanol–water partition coefficient (Wildman–Crippen LogP) is 4.86. The van der Waals surface area contributed by atoms with E-state index in [4.69, 9.17) is 9.47 Å². The van der Waals surface area contributed by atoms with Crippen molar-refractivity contribution >= 4 is 15.9 Å². The quantitative estimate of drug-likeness (QED) is 0.628. The molecule has 0 spiro atoms. The van der Waals surface area contributed by atoms with Gasteiger partial charge in [0, 0.05) is 11.9 Å². The predicted molar refractivity (Wildman–Crippen MR) is 88.7 cm³/mol. The molecule has 0 fully saturated rings. The first-order valence-corrected chi connectivity index (χ1v) is 8.47. The van der Waals surface area contributed by atoms with Gasteiger partial charge in [-0.2, -0.15) is 0 Å². The van der Waals surface area contributed by atoms with E-state index in [-0.39, 0.29) is 11.7 Å². The van der Waals surface area contributed by atoms with Gasteiger partial charge in [-0.25, -0.2) is 0 Å². The number of rotatable bonds is 8. The average molecular weight is 343 g/mol. The van der Waals surface area contributed by atoms with Crippen molar-refractivity contribution in [1.82, 2.24) is 0 Å². The molecule has 0 aliphatic heterocycles. The summed E-state index contributed by atoms with van der Waals surface area (Å²) >= 11 is 3.59. The van der Waals surface area contributed by atoms with Crippen molar-refractivity contribution in [3.63, 3.8) is 0 Å². The van der Waals surface area contributed by atoms with Crippen molar-refractivity contribution in [2.24, 2.45) is 0 Å². The highest BCUT2D eigenvalue weighted by Gasteiger charge is 2.28. The molecule has 20 heavy (non-hydrogen) atoms. The van der Waals surface area contributed by atoms with E-state index in [1.807, 2.05) is 6.92 Å². The molecule has 1 aromatic carbocycles. The van der Waals surface area contributed by atoms with E-state index in [1.165, 1.54) is 11.1 Å². The lowest BCUT2D eigenvalue weighted by Gasteiger charge is -2.32. The largest absolute Gasteiger partial charge is 0.379 e. The molecule has 1 rings (SSSR count). The number of hydrogen-bond acceptors (Lipinski definition) is 2. The van der Waals surface area contributed by atoms with Gasteiger partial charge in [-0.15, -0.1) is 0 Å². The van der Waals surface area contributed by atoms with Gasteiger partial charge in [0.25, 0.3) is 0 Å². The molecule has 2 unspecified atom stereocenters. The minimum absolute atomic E-state index is 0.0716. The van der Waals surface area contributed by atoms with Crippen LogP contribution in [0.3, 0.4) is 0 Å². The van der Waals surface area contributed by atoms with Crippen LogP contribution in [-0.4, -0.2) is 24.6 Å². The fourth-order valence-corrected chi connectivity index (χ4v) is 2.62. The van der Waals surface area contributed by atoms with Crippen LogP contribution in [0.25, 0.3) is 0 Å². The third-order valence-corrected chi connectivity index (χ3v) is 4.53. The Labute approximate surface area is 132 Å². The zero-order chi connectivity index (χ0) is 15.2. The van der Waals surface area contributed by atoms with Crippen LogP contribution in [0.1, 0.15) is 51.7 Å². The van der Waals surface area contributed by atoms with Crippen LogP contribution in [0.4, 0.5) is 0 Å². The van der Waals surface area contributed by atoms with Gasteiger partial charge in [-0.05, 0) is 37.8 Å². The lowest BCUT2D eigenvalue weighted by molar-refractivity contribution is -0.0931. The van der Waals surface area contributed by atoms with Crippen LogP contribution in [0, 0.1) is 0 Å². The van der Waals surface area contributed by atoms with Gasteiger partial charge < -0.3 is 9.47 Å². The molecule has 0 aliphatic rings. The zero-order valence-corrected chi connectivity index (χ0v) is 14.9. The molecule has 0 amide bonds. The van der Waals surface area contributed by atoms with E-state index in [9.17, 15) is 0 Å². The molecule has 0 aromatic heterocycles. The van der Waals surface area contributed by atoms with Crippen LogP contribution in [0.5, 0.6) is 0 Å². The summed E-state index contributed by atoms with van der Waals surface area (Å²) in [4.78, 5) is 0. The second-order valence-corrected chi connectivity index (χ2v) is 6.29. The molecule has 0 saturated carbocycles. The van der Waals surface area contributed by atoms with Crippen molar-refractivity contribution in [2.45, 2.75) is 52.2 Å².